The molecular formula is C22H25N7O2. The Labute approximate surface area is 179 Å². The predicted molar refractivity (Wildman–Crippen MR) is 119 cm³/mol. The molecule has 0 fully saturated rings. The number of rotatable bonds is 2. The molecule has 31 heavy (non-hydrogen) atoms. The molecule has 1 aromatic carbocycles. The van der Waals surface area contributed by atoms with Crippen LogP contribution < -0.4 is 15.2 Å². The van der Waals surface area contributed by atoms with Gasteiger partial charge in [-0.25, -0.2) is 9.36 Å². The van der Waals surface area contributed by atoms with Crippen molar-refractivity contribution in [2.75, 3.05) is 19.8 Å². The number of nitrogens with zero attached hydrogens (tertiary/aromatic N) is 5. The van der Waals surface area contributed by atoms with Crippen LogP contribution in [-0.4, -0.2) is 49.5 Å². The lowest BCUT2D eigenvalue weighted by Crippen LogP contribution is -2.14. The summed E-state index contributed by atoms with van der Waals surface area (Å²) in [5.41, 5.74) is 11.4. The normalized spacial score (nSPS) is 14.9. The summed E-state index contributed by atoms with van der Waals surface area (Å²) in [6.45, 7) is 4.08. The van der Waals surface area contributed by atoms with Gasteiger partial charge in [0.1, 0.15) is 0 Å². The van der Waals surface area contributed by atoms with E-state index in [4.69, 9.17) is 15.2 Å². The van der Waals surface area contributed by atoms with Crippen molar-refractivity contribution in [1.29, 1.82) is 0 Å². The van der Waals surface area contributed by atoms with Crippen molar-refractivity contribution in [2.24, 2.45) is 12.8 Å². The summed E-state index contributed by atoms with van der Waals surface area (Å²) in [5, 5.41) is 17.6. The first-order valence-corrected chi connectivity index (χ1v) is 10.4. The standard InChI is InChI=1S/C22H25N7O2/c1-14-16-5-7-20-17-12-15(4-6-19(17)25-26-20)18-13-24-28(2)21(18)30-10-3-11-31-22(16)29(27-14)9-8-23/h4-7,12-13H,3,8-11,23H2,1-2H3,(H,25,26)/b7-5+. The van der Waals surface area contributed by atoms with E-state index in [0.29, 0.717) is 26.3 Å². The maximum Gasteiger partial charge on any atom is 0.219 e. The molecule has 4 aromatic rings. The molecular weight excluding hydrogens is 394 g/mol. The Morgan fingerprint density at radius 2 is 2.00 bits per heavy atom. The number of benzene rings is 1. The Hall–Kier alpha value is -3.59. The molecule has 0 unspecified atom stereocenters. The van der Waals surface area contributed by atoms with E-state index in [9.17, 15) is 0 Å². The lowest BCUT2D eigenvalue weighted by molar-refractivity contribution is 0.224. The van der Waals surface area contributed by atoms with Gasteiger partial charge < -0.3 is 15.2 Å². The number of ether oxygens (including phenoxy) is 2. The minimum atomic E-state index is 0.487. The van der Waals surface area contributed by atoms with Crippen molar-refractivity contribution in [3.05, 3.63) is 41.3 Å². The zero-order chi connectivity index (χ0) is 21.4. The van der Waals surface area contributed by atoms with Crippen molar-refractivity contribution < 1.29 is 9.47 Å². The zero-order valence-corrected chi connectivity index (χ0v) is 17.6. The molecule has 1 aliphatic rings. The average Bonchev–Trinajstić information content (AvgIpc) is 3.42. The monoisotopic (exact) mass is 419 g/mol. The van der Waals surface area contributed by atoms with Crippen LogP contribution in [0.5, 0.6) is 11.8 Å². The first kappa shape index (κ1) is 19.4. The number of H-pyrrole nitrogens is 1. The highest BCUT2D eigenvalue weighted by atomic mass is 16.5. The molecule has 9 heteroatoms. The van der Waals surface area contributed by atoms with Crippen LogP contribution in [0.4, 0.5) is 0 Å². The van der Waals surface area contributed by atoms with Gasteiger partial charge in [-0.1, -0.05) is 6.07 Å². The van der Waals surface area contributed by atoms with Crippen LogP contribution in [0.1, 0.15) is 23.4 Å². The van der Waals surface area contributed by atoms with Crippen molar-refractivity contribution in [3.8, 4) is 22.9 Å². The number of aromatic amines is 1. The van der Waals surface area contributed by atoms with Crippen LogP contribution in [0.2, 0.25) is 0 Å². The molecule has 0 spiro atoms. The molecule has 5 rings (SSSR count). The number of hydrogen-bond donors (Lipinski definition) is 2. The molecule has 2 bridgehead atoms. The van der Waals surface area contributed by atoms with E-state index >= 15 is 0 Å². The summed E-state index contributed by atoms with van der Waals surface area (Å²) in [5.74, 6) is 1.46. The molecule has 0 radical (unpaired) electrons. The fourth-order valence-electron chi connectivity index (χ4n) is 3.88. The number of nitrogens with one attached hydrogen (secondary N) is 1. The van der Waals surface area contributed by atoms with Gasteiger partial charge in [0.15, 0.2) is 0 Å². The summed E-state index contributed by atoms with van der Waals surface area (Å²) in [4.78, 5) is 0. The predicted octanol–water partition coefficient (Wildman–Crippen LogP) is 2.76. The molecule has 0 saturated heterocycles. The van der Waals surface area contributed by atoms with Gasteiger partial charge >= 0.3 is 0 Å². The van der Waals surface area contributed by atoms with Crippen LogP contribution in [0.15, 0.2) is 24.4 Å². The van der Waals surface area contributed by atoms with Gasteiger partial charge in [0.05, 0.1) is 54.0 Å². The van der Waals surface area contributed by atoms with Crippen molar-refractivity contribution in [3.63, 3.8) is 0 Å². The fourth-order valence-corrected chi connectivity index (χ4v) is 3.88. The Kier molecular flexibility index (Phi) is 4.95. The topological polar surface area (TPSA) is 109 Å². The summed E-state index contributed by atoms with van der Waals surface area (Å²) in [7, 11) is 1.88. The summed E-state index contributed by atoms with van der Waals surface area (Å²) in [6, 6.07) is 6.16. The Balaban J connectivity index is 1.64. The van der Waals surface area contributed by atoms with E-state index in [0.717, 1.165) is 57.2 Å². The van der Waals surface area contributed by atoms with Gasteiger partial charge in [-0.15, -0.1) is 0 Å². The van der Waals surface area contributed by atoms with Gasteiger partial charge in [-0.05, 0) is 36.8 Å². The van der Waals surface area contributed by atoms with E-state index in [-0.39, 0.29) is 0 Å². The first-order valence-electron chi connectivity index (χ1n) is 10.4. The Morgan fingerprint density at radius 1 is 1.16 bits per heavy atom. The van der Waals surface area contributed by atoms with E-state index in [1.54, 1.807) is 4.68 Å². The van der Waals surface area contributed by atoms with Crippen LogP contribution in [0.25, 0.3) is 34.2 Å². The van der Waals surface area contributed by atoms with Crippen LogP contribution in [-0.2, 0) is 13.6 Å². The van der Waals surface area contributed by atoms with Crippen LogP contribution >= 0.6 is 0 Å². The highest BCUT2D eigenvalue weighted by molar-refractivity contribution is 5.93. The third kappa shape index (κ3) is 3.46. The first-order chi connectivity index (χ1) is 15.2. The smallest absolute Gasteiger partial charge is 0.219 e. The molecule has 1 aliphatic heterocycles. The minimum Gasteiger partial charge on any atom is -0.477 e. The average molecular weight is 419 g/mol. The second-order valence-corrected chi connectivity index (χ2v) is 7.56. The lowest BCUT2D eigenvalue weighted by atomic mass is 10.1. The largest absolute Gasteiger partial charge is 0.477 e. The molecule has 3 N–H and O–H groups in total. The molecule has 9 nitrogen and oxygen atoms in total. The van der Waals surface area contributed by atoms with Crippen LogP contribution in [0.3, 0.4) is 0 Å². The molecule has 0 saturated carbocycles. The van der Waals surface area contributed by atoms with Crippen LogP contribution in [0, 0.1) is 6.92 Å². The van der Waals surface area contributed by atoms with Crippen molar-refractivity contribution in [1.82, 2.24) is 29.8 Å². The fraction of sp³-hybridized carbons (Fsp3) is 0.318. The molecule has 3 aromatic heterocycles. The highest BCUT2D eigenvalue weighted by Gasteiger charge is 2.17. The van der Waals surface area contributed by atoms with E-state index in [2.05, 4.69) is 26.5 Å². The Morgan fingerprint density at radius 3 is 2.84 bits per heavy atom. The van der Waals surface area contributed by atoms with Gasteiger partial charge in [-0.3, -0.25) is 5.10 Å². The summed E-state index contributed by atoms with van der Waals surface area (Å²) >= 11 is 0. The highest BCUT2D eigenvalue weighted by Crippen LogP contribution is 2.33. The maximum atomic E-state index is 6.13. The molecule has 4 heterocycles. The number of fused-ring (bicyclic) bond motifs is 4. The Bertz CT molecular complexity index is 1260. The minimum absolute atomic E-state index is 0.487. The van der Waals surface area contributed by atoms with Gasteiger partial charge in [0.25, 0.3) is 0 Å². The number of nitrogens with two attached hydrogens (primary N) is 1. The third-order valence-electron chi connectivity index (χ3n) is 5.43. The SMILES string of the molecule is Cc1nn(CCN)c2c1/C=C/c1[nH]nc3ccc(cc13)-c1cnn(C)c1OCCCO2. The van der Waals surface area contributed by atoms with E-state index in [1.807, 2.05) is 49.1 Å². The van der Waals surface area contributed by atoms with E-state index < -0.39 is 0 Å². The molecule has 160 valence electrons. The second kappa shape index (κ2) is 7.92. The van der Waals surface area contributed by atoms with Gasteiger partial charge in [0.2, 0.25) is 11.8 Å². The molecule has 0 amide bonds. The van der Waals surface area contributed by atoms with Gasteiger partial charge in [-0.2, -0.15) is 15.3 Å². The number of aryl methyl sites for hydroxylation is 2. The molecule has 0 atom stereocenters. The number of hydrogen-bond acceptors (Lipinski definition) is 6. The second-order valence-electron chi connectivity index (χ2n) is 7.56. The van der Waals surface area contributed by atoms with Crippen molar-refractivity contribution >= 4 is 23.1 Å². The third-order valence-corrected chi connectivity index (χ3v) is 5.43. The van der Waals surface area contributed by atoms with E-state index in [1.165, 1.54) is 0 Å². The quantitative estimate of drug-likeness (QED) is 0.517. The summed E-state index contributed by atoms with van der Waals surface area (Å²) in [6.07, 6.45) is 6.60. The summed E-state index contributed by atoms with van der Waals surface area (Å²) < 4.78 is 15.8. The van der Waals surface area contributed by atoms with Crippen molar-refractivity contribution in [2.45, 2.75) is 19.9 Å². The number of aromatic nitrogens is 6. The lowest BCUT2D eigenvalue weighted by Gasteiger charge is -2.11. The zero-order valence-electron chi connectivity index (χ0n) is 17.6. The van der Waals surface area contributed by atoms with Gasteiger partial charge in [0, 0.05) is 25.4 Å². The maximum absolute atomic E-state index is 6.13. The molecule has 0 aliphatic carbocycles.